The second-order valence-corrected chi connectivity index (χ2v) is 4.91. The van der Waals surface area contributed by atoms with E-state index in [1.165, 1.54) is 0 Å². The summed E-state index contributed by atoms with van der Waals surface area (Å²) in [5.41, 5.74) is 0. The van der Waals surface area contributed by atoms with Gasteiger partial charge in [0.2, 0.25) is 5.91 Å². The highest BCUT2D eigenvalue weighted by atomic mass is 16.5. The predicted molar refractivity (Wildman–Crippen MR) is 64.2 cm³/mol. The molecule has 0 saturated carbocycles. The summed E-state index contributed by atoms with van der Waals surface area (Å²) >= 11 is 0. The van der Waals surface area contributed by atoms with Gasteiger partial charge < -0.3 is 14.7 Å². The lowest BCUT2D eigenvalue weighted by Gasteiger charge is -2.23. The van der Waals surface area contributed by atoms with Crippen molar-refractivity contribution in [3.63, 3.8) is 0 Å². The third-order valence-electron chi connectivity index (χ3n) is 3.54. The van der Waals surface area contributed by atoms with Crippen molar-refractivity contribution in [2.24, 2.45) is 5.92 Å². The monoisotopic (exact) mass is 256 g/mol. The highest BCUT2D eigenvalue weighted by Crippen LogP contribution is 2.16. The molecule has 6 nitrogen and oxygen atoms in total. The fourth-order valence-electron chi connectivity index (χ4n) is 2.53. The number of ether oxygens (including phenoxy) is 1. The van der Waals surface area contributed by atoms with Gasteiger partial charge in [0.05, 0.1) is 19.1 Å². The van der Waals surface area contributed by atoms with E-state index >= 15 is 0 Å². The minimum atomic E-state index is -0.807. The first-order valence-corrected chi connectivity index (χ1v) is 6.47. The largest absolute Gasteiger partial charge is 0.480 e. The van der Waals surface area contributed by atoms with Gasteiger partial charge in [-0.25, -0.2) is 0 Å². The highest BCUT2D eigenvalue weighted by Gasteiger charge is 2.29. The average Bonchev–Trinajstić information content (AvgIpc) is 2.76. The van der Waals surface area contributed by atoms with Crippen LogP contribution < -0.4 is 0 Å². The molecule has 0 aliphatic carbocycles. The van der Waals surface area contributed by atoms with Gasteiger partial charge in [-0.2, -0.15) is 0 Å². The van der Waals surface area contributed by atoms with E-state index in [4.69, 9.17) is 9.84 Å². The van der Waals surface area contributed by atoms with Crippen molar-refractivity contribution in [2.75, 3.05) is 45.9 Å². The molecule has 2 fully saturated rings. The zero-order chi connectivity index (χ0) is 13.0. The quantitative estimate of drug-likeness (QED) is 0.747. The molecule has 2 rings (SSSR count). The summed E-state index contributed by atoms with van der Waals surface area (Å²) in [5.74, 6) is -0.625. The summed E-state index contributed by atoms with van der Waals surface area (Å²) in [6.07, 6.45) is 1.65. The lowest BCUT2D eigenvalue weighted by atomic mass is 10.1. The molecule has 2 heterocycles. The van der Waals surface area contributed by atoms with Gasteiger partial charge in [0.1, 0.15) is 0 Å². The first kappa shape index (κ1) is 13.3. The van der Waals surface area contributed by atoms with E-state index in [0.29, 0.717) is 26.3 Å². The van der Waals surface area contributed by atoms with Crippen molar-refractivity contribution in [1.29, 1.82) is 0 Å². The fraction of sp³-hybridized carbons (Fsp3) is 0.833. The maximum Gasteiger partial charge on any atom is 0.317 e. The van der Waals surface area contributed by atoms with Crippen LogP contribution in [0.3, 0.4) is 0 Å². The van der Waals surface area contributed by atoms with E-state index in [-0.39, 0.29) is 18.4 Å². The summed E-state index contributed by atoms with van der Waals surface area (Å²) in [4.78, 5) is 26.6. The molecule has 2 aliphatic rings. The van der Waals surface area contributed by atoms with E-state index in [2.05, 4.69) is 0 Å². The minimum absolute atomic E-state index is 0.0102. The number of aliphatic carboxylic acids is 1. The number of hydrogen-bond donors (Lipinski definition) is 1. The van der Waals surface area contributed by atoms with E-state index in [9.17, 15) is 9.59 Å². The molecule has 0 radical (unpaired) electrons. The highest BCUT2D eigenvalue weighted by molar-refractivity contribution is 5.79. The van der Waals surface area contributed by atoms with Gasteiger partial charge in [-0.15, -0.1) is 0 Å². The number of rotatable bonds is 3. The van der Waals surface area contributed by atoms with Crippen LogP contribution in [0.1, 0.15) is 12.8 Å². The zero-order valence-electron chi connectivity index (χ0n) is 10.5. The average molecular weight is 256 g/mol. The van der Waals surface area contributed by atoms with Crippen LogP contribution in [-0.4, -0.2) is 72.7 Å². The maximum absolute atomic E-state index is 12.2. The molecular weight excluding hydrogens is 236 g/mol. The van der Waals surface area contributed by atoms with Gasteiger partial charge >= 0.3 is 5.97 Å². The Morgan fingerprint density at radius 2 is 2.06 bits per heavy atom. The van der Waals surface area contributed by atoms with Crippen molar-refractivity contribution >= 4 is 11.9 Å². The molecule has 18 heavy (non-hydrogen) atoms. The molecule has 2 aliphatic heterocycles. The molecule has 0 spiro atoms. The summed E-state index contributed by atoms with van der Waals surface area (Å²) in [6, 6.07) is 0. The smallest absolute Gasteiger partial charge is 0.317 e. The zero-order valence-corrected chi connectivity index (χ0v) is 10.5. The second-order valence-electron chi connectivity index (χ2n) is 4.91. The van der Waals surface area contributed by atoms with E-state index in [1.54, 1.807) is 0 Å². The number of hydrogen-bond acceptors (Lipinski definition) is 4. The summed E-state index contributed by atoms with van der Waals surface area (Å²) in [7, 11) is 0. The molecule has 1 atom stereocenters. The predicted octanol–water partition coefficient (Wildman–Crippen LogP) is -0.358. The third-order valence-corrected chi connectivity index (χ3v) is 3.54. The lowest BCUT2D eigenvalue weighted by Crippen LogP contribution is -2.39. The van der Waals surface area contributed by atoms with Crippen molar-refractivity contribution in [2.45, 2.75) is 12.8 Å². The molecule has 1 amide bonds. The van der Waals surface area contributed by atoms with E-state index < -0.39 is 5.97 Å². The Bertz CT molecular complexity index is 315. The van der Waals surface area contributed by atoms with Gasteiger partial charge in [-0.3, -0.25) is 14.5 Å². The summed E-state index contributed by atoms with van der Waals surface area (Å²) in [6.45, 7) is 4.02. The Morgan fingerprint density at radius 3 is 2.72 bits per heavy atom. The summed E-state index contributed by atoms with van der Waals surface area (Å²) < 4.78 is 5.24. The number of carbonyl (C=O) groups is 2. The van der Waals surface area contributed by atoms with E-state index in [1.807, 2.05) is 9.80 Å². The molecule has 1 unspecified atom stereocenters. The number of carboxylic acids is 1. The van der Waals surface area contributed by atoms with Crippen LogP contribution in [0, 0.1) is 5.92 Å². The molecule has 0 bridgehead atoms. The normalized spacial score (nSPS) is 26.0. The molecular formula is C12H20N2O4. The van der Waals surface area contributed by atoms with Crippen molar-refractivity contribution in [1.82, 2.24) is 9.80 Å². The van der Waals surface area contributed by atoms with Crippen LogP contribution in [0.15, 0.2) is 0 Å². The van der Waals surface area contributed by atoms with Crippen LogP contribution in [0.5, 0.6) is 0 Å². The second kappa shape index (κ2) is 6.15. The maximum atomic E-state index is 12.2. The van der Waals surface area contributed by atoms with Crippen LogP contribution >= 0.6 is 0 Å². The Balaban J connectivity index is 1.84. The van der Waals surface area contributed by atoms with Crippen LogP contribution in [0.2, 0.25) is 0 Å². The van der Waals surface area contributed by atoms with Crippen LogP contribution in [0.25, 0.3) is 0 Å². The Labute approximate surface area is 106 Å². The molecule has 0 aromatic heterocycles. The molecule has 2 saturated heterocycles. The van der Waals surface area contributed by atoms with Crippen LogP contribution in [0.4, 0.5) is 0 Å². The Kier molecular flexibility index (Phi) is 4.54. The molecule has 0 aromatic rings. The van der Waals surface area contributed by atoms with Crippen LogP contribution in [-0.2, 0) is 14.3 Å². The van der Waals surface area contributed by atoms with E-state index in [0.717, 1.165) is 25.9 Å². The van der Waals surface area contributed by atoms with Gasteiger partial charge in [-0.05, 0) is 12.8 Å². The first-order valence-electron chi connectivity index (χ1n) is 6.47. The van der Waals surface area contributed by atoms with Gasteiger partial charge in [0.25, 0.3) is 0 Å². The number of carbonyl (C=O) groups excluding carboxylic acids is 1. The standard InChI is InChI=1S/C12H20N2O4/c15-11(16)8-13-3-1-4-14(6-5-13)12(17)10-2-7-18-9-10/h10H,1-9H2,(H,15,16). The Morgan fingerprint density at radius 1 is 1.22 bits per heavy atom. The number of amides is 1. The fourth-order valence-corrected chi connectivity index (χ4v) is 2.53. The molecule has 1 N–H and O–H groups in total. The van der Waals surface area contributed by atoms with Gasteiger partial charge in [0.15, 0.2) is 0 Å². The Hall–Kier alpha value is -1.14. The SMILES string of the molecule is O=C(O)CN1CCCN(C(=O)C2CCOC2)CC1. The number of nitrogens with zero attached hydrogens (tertiary/aromatic N) is 2. The van der Waals surface area contributed by atoms with Gasteiger partial charge in [-0.1, -0.05) is 0 Å². The molecule has 0 aromatic carbocycles. The lowest BCUT2D eigenvalue weighted by molar-refractivity contribution is -0.138. The van der Waals surface area contributed by atoms with Gasteiger partial charge in [0, 0.05) is 32.8 Å². The van der Waals surface area contributed by atoms with Crippen molar-refractivity contribution in [3.8, 4) is 0 Å². The molecule has 6 heteroatoms. The summed E-state index contributed by atoms with van der Waals surface area (Å²) in [5, 5.41) is 8.77. The first-order chi connectivity index (χ1) is 8.66. The molecule has 102 valence electrons. The van der Waals surface area contributed by atoms with Crippen molar-refractivity contribution < 1.29 is 19.4 Å². The third kappa shape index (κ3) is 3.43. The minimum Gasteiger partial charge on any atom is -0.480 e. The number of carboxylic acid groups (broad SMARTS) is 1. The van der Waals surface area contributed by atoms with Crippen molar-refractivity contribution in [3.05, 3.63) is 0 Å². The topological polar surface area (TPSA) is 70.1 Å².